The number of hydrazone groups is 1. The van der Waals surface area contributed by atoms with Crippen LogP contribution in [-0.4, -0.2) is 17.2 Å². The van der Waals surface area contributed by atoms with Crippen LogP contribution in [0.5, 0.6) is 0 Å². The molecule has 0 amide bonds. The summed E-state index contributed by atoms with van der Waals surface area (Å²) in [6.45, 7) is 0. The summed E-state index contributed by atoms with van der Waals surface area (Å²) in [6.07, 6.45) is 1.61. The van der Waals surface area contributed by atoms with E-state index in [1.807, 2.05) is 66.7 Å². The molecule has 3 rings (SSSR count). The van der Waals surface area contributed by atoms with E-state index >= 15 is 0 Å². The van der Waals surface area contributed by atoms with Gasteiger partial charge >= 0.3 is 0 Å². The number of benzene rings is 2. The second-order valence-electron chi connectivity index (χ2n) is 4.63. The number of fused-ring (bicyclic) bond motifs is 1. The number of rotatable bonds is 3. The summed E-state index contributed by atoms with van der Waals surface area (Å²) in [7, 11) is 0. The molecule has 3 aromatic rings. The second kappa shape index (κ2) is 6.49. The van der Waals surface area contributed by atoms with E-state index in [9.17, 15) is 0 Å². The van der Waals surface area contributed by atoms with Crippen LogP contribution >= 0.6 is 0 Å². The summed E-state index contributed by atoms with van der Waals surface area (Å²) in [5, 5.41) is 5.15. The zero-order valence-electron chi connectivity index (χ0n) is 11.8. The minimum absolute atomic E-state index is 0.225. The van der Waals surface area contributed by atoms with Crippen LogP contribution in [0, 0.1) is 0 Å². The summed E-state index contributed by atoms with van der Waals surface area (Å²) >= 11 is 0. The molecule has 0 radical (unpaired) electrons. The number of nitrogens with two attached hydrogens (primary N) is 1. The van der Waals surface area contributed by atoms with E-state index in [0.29, 0.717) is 0 Å². The van der Waals surface area contributed by atoms with E-state index in [1.54, 1.807) is 6.21 Å². The van der Waals surface area contributed by atoms with Gasteiger partial charge in [0.05, 0.1) is 23.1 Å². The van der Waals surface area contributed by atoms with Gasteiger partial charge in [-0.25, -0.2) is 15.4 Å². The lowest BCUT2D eigenvalue weighted by atomic mass is 10.2. The Kier molecular flexibility index (Phi) is 4.06. The Morgan fingerprint density at radius 1 is 0.955 bits per heavy atom. The highest BCUT2D eigenvalue weighted by atomic mass is 15.3. The van der Waals surface area contributed by atoms with Gasteiger partial charge in [-0.2, -0.15) is 5.10 Å². The summed E-state index contributed by atoms with van der Waals surface area (Å²) in [5.41, 5.74) is 10.9. The van der Waals surface area contributed by atoms with Crippen molar-refractivity contribution in [1.82, 2.24) is 10.4 Å². The van der Waals surface area contributed by atoms with E-state index < -0.39 is 0 Å². The first-order chi connectivity index (χ1) is 10.8. The third-order valence-corrected chi connectivity index (χ3v) is 3.00. The molecular formula is C17H15N5. The van der Waals surface area contributed by atoms with Gasteiger partial charge in [0.15, 0.2) is 0 Å². The van der Waals surface area contributed by atoms with Gasteiger partial charge in [0.25, 0.3) is 0 Å². The molecule has 0 aliphatic rings. The number of nitrogens with one attached hydrogen (secondary N) is 1. The molecule has 1 aromatic heterocycles. The molecule has 22 heavy (non-hydrogen) atoms. The van der Waals surface area contributed by atoms with Crippen LogP contribution in [0.15, 0.2) is 76.8 Å². The van der Waals surface area contributed by atoms with Gasteiger partial charge in [-0.05, 0) is 24.3 Å². The van der Waals surface area contributed by atoms with Crippen molar-refractivity contribution >= 4 is 28.8 Å². The number of nitrogens with zero attached hydrogens (tertiary/aromatic N) is 3. The summed E-state index contributed by atoms with van der Waals surface area (Å²) in [6, 6.07) is 21.3. The molecule has 3 N–H and O–H groups in total. The Balaban J connectivity index is 1.69. The lowest BCUT2D eigenvalue weighted by molar-refractivity contribution is 1.01. The Bertz CT molecular complexity index is 825. The van der Waals surface area contributed by atoms with Crippen LogP contribution in [0.1, 0.15) is 5.69 Å². The second-order valence-corrected chi connectivity index (χ2v) is 4.63. The van der Waals surface area contributed by atoms with Crippen LogP contribution in [0.4, 0.5) is 5.69 Å². The van der Waals surface area contributed by atoms with Crippen LogP contribution in [0.25, 0.3) is 10.9 Å². The average molecular weight is 289 g/mol. The highest BCUT2D eigenvalue weighted by Gasteiger charge is 1.95. The lowest BCUT2D eigenvalue weighted by Gasteiger charge is -2.00. The van der Waals surface area contributed by atoms with Gasteiger partial charge in [0, 0.05) is 5.39 Å². The molecule has 108 valence electrons. The fraction of sp³-hybridized carbons (Fsp3) is 0. The van der Waals surface area contributed by atoms with Crippen LogP contribution in [-0.2, 0) is 0 Å². The van der Waals surface area contributed by atoms with E-state index in [-0.39, 0.29) is 5.96 Å². The zero-order chi connectivity index (χ0) is 15.2. The topological polar surface area (TPSA) is 75.7 Å². The van der Waals surface area contributed by atoms with Gasteiger partial charge in [0.1, 0.15) is 0 Å². The largest absolute Gasteiger partial charge is 0.368 e. The predicted octanol–water partition coefficient (Wildman–Crippen LogP) is 2.80. The first-order valence-corrected chi connectivity index (χ1v) is 6.85. The van der Waals surface area contributed by atoms with Gasteiger partial charge in [-0.3, -0.25) is 0 Å². The zero-order valence-corrected chi connectivity index (χ0v) is 11.8. The smallest absolute Gasteiger partial charge is 0.214 e. The van der Waals surface area contributed by atoms with Gasteiger partial charge < -0.3 is 5.73 Å². The Labute approximate surface area is 128 Å². The quantitative estimate of drug-likeness (QED) is 0.442. The maximum Gasteiger partial charge on any atom is 0.214 e. The average Bonchev–Trinajstić information content (AvgIpc) is 2.55. The van der Waals surface area contributed by atoms with Crippen LogP contribution < -0.4 is 11.2 Å². The van der Waals surface area contributed by atoms with Crippen molar-refractivity contribution < 1.29 is 0 Å². The third-order valence-electron chi connectivity index (χ3n) is 3.00. The molecule has 0 spiro atoms. The van der Waals surface area contributed by atoms with Crippen molar-refractivity contribution in [3.05, 3.63) is 72.4 Å². The molecule has 0 fully saturated rings. The Morgan fingerprint density at radius 3 is 2.59 bits per heavy atom. The van der Waals surface area contributed by atoms with Gasteiger partial charge in [0.2, 0.25) is 5.96 Å². The van der Waals surface area contributed by atoms with Crippen molar-refractivity contribution in [3.63, 3.8) is 0 Å². The molecule has 0 atom stereocenters. The molecule has 0 aliphatic heterocycles. The van der Waals surface area contributed by atoms with Crippen molar-refractivity contribution in [1.29, 1.82) is 0 Å². The SMILES string of the molecule is NC(=Nc1ccccc1)N/N=C/c1ccc2ccccc2n1. The maximum absolute atomic E-state index is 5.77. The number of para-hydroxylation sites is 2. The molecule has 2 aromatic carbocycles. The van der Waals surface area contributed by atoms with Crippen molar-refractivity contribution in [3.8, 4) is 0 Å². The molecule has 0 bridgehead atoms. The highest BCUT2D eigenvalue weighted by Crippen LogP contribution is 2.11. The van der Waals surface area contributed by atoms with Crippen molar-refractivity contribution in [2.75, 3.05) is 0 Å². The normalized spacial score (nSPS) is 11.9. The van der Waals surface area contributed by atoms with Crippen LogP contribution in [0.3, 0.4) is 0 Å². The first kappa shape index (κ1) is 13.8. The minimum Gasteiger partial charge on any atom is -0.368 e. The molecule has 0 unspecified atom stereocenters. The van der Waals surface area contributed by atoms with Crippen LogP contribution in [0.2, 0.25) is 0 Å². The molecule has 0 saturated heterocycles. The summed E-state index contributed by atoms with van der Waals surface area (Å²) in [5.74, 6) is 0.225. The van der Waals surface area contributed by atoms with E-state index in [0.717, 1.165) is 22.3 Å². The monoisotopic (exact) mass is 289 g/mol. The summed E-state index contributed by atoms with van der Waals surface area (Å²) < 4.78 is 0. The molecule has 5 nitrogen and oxygen atoms in total. The molecule has 5 heteroatoms. The highest BCUT2D eigenvalue weighted by molar-refractivity contribution is 5.86. The van der Waals surface area contributed by atoms with E-state index in [2.05, 4.69) is 20.5 Å². The van der Waals surface area contributed by atoms with Gasteiger partial charge in [-0.15, -0.1) is 0 Å². The number of aliphatic imine (C=N–C) groups is 1. The standard InChI is InChI=1S/C17H15N5/c18-17(21-14-7-2-1-3-8-14)22-19-12-15-11-10-13-6-4-5-9-16(13)20-15/h1-12H,(H3,18,21,22)/b19-12+. The maximum atomic E-state index is 5.77. The fourth-order valence-corrected chi connectivity index (χ4v) is 1.98. The van der Waals surface area contributed by atoms with E-state index in [4.69, 9.17) is 5.73 Å². The number of hydrogen-bond donors (Lipinski definition) is 2. The summed E-state index contributed by atoms with van der Waals surface area (Å²) in [4.78, 5) is 8.68. The third kappa shape index (κ3) is 3.46. The molecule has 1 heterocycles. The molecular weight excluding hydrogens is 274 g/mol. The van der Waals surface area contributed by atoms with Gasteiger partial charge in [-0.1, -0.05) is 42.5 Å². The molecule has 0 saturated carbocycles. The van der Waals surface area contributed by atoms with Crippen molar-refractivity contribution in [2.24, 2.45) is 15.8 Å². The first-order valence-electron chi connectivity index (χ1n) is 6.85. The van der Waals surface area contributed by atoms with E-state index in [1.165, 1.54) is 0 Å². The number of guanidine groups is 1. The number of aromatic nitrogens is 1. The predicted molar refractivity (Wildman–Crippen MR) is 90.2 cm³/mol. The van der Waals surface area contributed by atoms with Crippen molar-refractivity contribution in [2.45, 2.75) is 0 Å². The molecule has 0 aliphatic carbocycles. The number of pyridine rings is 1. The Morgan fingerprint density at radius 2 is 1.73 bits per heavy atom. The fourth-order valence-electron chi connectivity index (χ4n) is 1.98. The minimum atomic E-state index is 0.225. The number of hydrogen-bond acceptors (Lipinski definition) is 3. The Hall–Kier alpha value is -3.21. The lowest BCUT2D eigenvalue weighted by Crippen LogP contribution is -2.26.